The van der Waals surface area contributed by atoms with E-state index in [1.165, 1.54) is 16.7 Å². The van der Waals surface area contributed by atoms with Crippen LogP contribution in [0.15, 0.2) is 42.5 Å². The van der Waals surface area contributed by atoms with Crippen LogP contribution < -0.4 is 10.1 Å². The molecule has 112 valence electrons. The predicted octanol–water partition coefficient (Wildman–Crippen LogP) is 4.85. The molecule has 0 heterocycles. The molecule has 2 heteroatoms. The van der Waals surface area contributed by atoms with Crippen molar-refractivity contribution >= 4 is 0 Å². The summed E-state index contributed by atoms with van der Waals surface area (Å²) >= 11 is 0. The maximum atomic E-state index is 6.10. The summed E-state index contributed by atoms with van der Waals surface area (Å²) in [7, 11) is 0. The number of hydrogen-bond donors (Lipinski definition) is 1. The van der Waals surface area contributed by atoms with E-state index in [-0.39, 0.29) is 0 Å². The largest absolute Gasteiger partial charge is 0.457 e. The van der Waals surface area contributed by atoms with E-state index in [4.69, 9.17) is 4.74 Å². The summed E-state index contributed by atoms with van der Waals surface area (Å²) in [6.07, 6.45) is 1.02. The Labute approximate surface area is 128 Å². The standard InChI is InChI=1S/C19H25NO/c1-5-16-7-6-8-18(12-16)21-19-10-9-15(4)11-17(19)13-20-14(2)3/h6-12,14,20H,5,13H2,1-4H3. The molecule has 0 atom stereocenters. The fraction of sp³-hybridized carbons (Fsp3) is 0.368. The molecule has 2 nitrogen and oxygen atoms in total. The van der Waals surface area contributed by atoms with Gasteiger partial charge in [-0.1, -0.05) is 50.6 Å². The lowest BCUT2D eigenvalue weighted by Gasteiger charge is -2.15. The Morgan fingerprint density at radius 3 is 2.62 bits per heavy atom. The maximum absolute atomic E-state index is 6.10. The first-order valence-corrected chi connectivity index (χ1v) is 7.68. The van der Waals surface area contributed by atoms with Gasteiger partial charge >= 0.3 is 0 Å². The Kier molecular flexibility index (Phi) is 5.40. The second-order valence-corrected chi connectivity index (χ2v) is 5.75. The van der Waals surface area contributed by atoms with Crippen molar-refractivity contribution in [3.63, 3.8) is 0 Å². The van der Waals surface area contributed by atoms with Gasteiger partial charge in [0.05, 0.1) is 0 Å². The highest BCUT2D eigenvalue weighted by atomic mass is 16.5. The van der Waals surface area contributed by atoms with Crippen LogP contribution in [0.4, 0.5) is 0 Å². The first-order valence-electron chi connectivity index (χ1n) is 7.68. The normalized spacial score (nSPS) is 10.9. The fourth-order valence-corrected chi connectivity index (χ4v) is 2.22. The van der Waals surface area contributed by atoms with Crippen LogP contribution in [0.25, 0.3) is 0 Å². The van der Waals surface area contributed by atoms with E-state index < -0.39 is 0 Å². The molecular weight excluding hydrogens is 258 g/mol. The molecule has 2 aromatic rings. The van der Waals surface area contributed by atoms with Gasteiger partial charge in [-0.25, -0.2) is 0 Å². The van der Waals surface area contributed by atoms with Crippen LogP contribution in [-0.2, 0) is 13.0 Å². The molecule has 0 aliphatic rings. The van der Waals surface area contributed by atoms with E-state index in [1.54, 1.807) is 0 Å². The SMILES string of the molecule is CCc1cccc(Oc2ccc(C)cc2CNC(C)C)c1. The third kappa shape index (κ3) is 4.61. The minimum absolute atomic E-state index is 0.460. The number of rotatable bonds is 6. The third-order valence-corrected chi connectivity index (χ3v) is 3.45. The number of hydrogen-bond acceptors (Lipinski definition) is 2. The maximum Gasteiger partial charge on any atom is 0.131 e. The summed E-state index contributed by atoms with van der Waals surface area (Å²) in [6.45, 7) is 9.40. The number of aryl methyl sites for hydroxylation is 2. The average Bonchev–Trinajstić information content (AvgIpc) is 2.47. The van der Waals surface area contributed by atoms with E-state index in [0.717, 1.165) is 24.5 Å². The minimum Gasteiger partial charge on any atom is -0.457 e. The van der Waals surface area contributed by atoms with Gasteiger partial charge in [0.2, 0.25) is 0 Å². The van der Waals surface area contributed by atoms with Crippen LogP contribution in [0.1, 0.15) is 37.5 Å². The van der Waals surface area contributed by atoms with Crippen molar-refractivity contribution in [2.45, 2.75) is 46.7 Å². The molecule has 2 rings (SSSR count). The van der Waals surface area contributed by atoms with Crippen molar-refractivity contribution in [1.29, 1.82) is 0 Å². The Morgan fingerprint density at radius 2 is 1.90 bits per heavy atom. The van der Waals surface area contributed by atoms with Crippen LogP contribution in [-0.4, -0.2) is 6.04 Å². The second kappa shape index (κ2) is 7.28. The first-order chi connectivity index (χ1) is 10.1. The lowest BCUT2D eigenvalue weighted by atomic mass is 10.1. The Hall–Kier alpha value is -1.80. The molecule has 0 aliphatic heterocycles. The molecule has 0 saturated heterocycles. The van der Waals surface area contributed by atoms with E-state index in [2.05, 4.69) is 63.3 Å². The van der Waals surface area contributed by atoms with E-state index in [1.807, 2.05) is 12.1 Å². The van der Waals surface area contributed by atoms with Gasteiger partial charge in [-0.15, -0.1) is 0 Å². The zero-order valence-electron chi connectivity index (χ0n) is 13.4. The number of nitrogens with one attached hydrogen (secondary N) is 1. The molecule has 0 aromatic heterocycles. The lowest BCUT2D eigenvalue weighted by Crippen LogP contribution is -2.22. The van der Waals surface area contributed by atoms with Crippen molar-refractivity contribution < 1.29 is 4.74 Å². The Bertz CT molecular complexity index is 590. The van der Waals surface area contributed by atoms with Gasteiger partial charge in [0, 0.05) is 18.2 Å². The molecule has 0 radical (unpaired) electrons. The highest BCUT2D eigenvalue weighted by Gasteiger charge is 2.07. The first kappa shape index (κ1) is 15.6. The topological polar surface area (TPSA) is 21.3 Å². The molecule has 2 aromatic carbocycles. The van der Waals surface area contributed by atoms with Gasteiger partial charge in [-0.05, 0) is 37.1 Å². The monoisotopic (exact) mass is 283 g/mol. The molecule has 0 aliphatic carbocycles. The predicted molar refractivity (Wildman–Crippen MR) is 89.0 cm³/mol. The van der Waals surface area contributed by atoms with Crippen LogP contribution in [0, 0.1) is 6.92 Å². The molecule has 21 heavy (non-hydrogen) atoms. The molecule has 0 bridgehead atoms. The highest BCUT2D eigenvalue weighted by molar-refractivity contribution is 5.41. The summed E-state index contributed by atoms with van der Waals surface area (Å²) in [4.78, 5) is 0. The molecule has 0 unspecified atom stereocenters. The molecule has 0 amide bonds. The summed E-state index contributed by atoms with van der Waals surface area (Å²) < 4.78 is 6.10. The molecule has 0 fully saturated rings. The van der Waals surface area contributed by atoms with Crippen molar-refractivity contribution in [3.05, 3.63) is 59.2 Å². The van der Waals surface area contributed by atoms with Gasteiger partial charge < -0.3 is 10.1 Å². The van der Waals surface area contributed by atoms with Gasteiger partial charge in [0.15, 0.2) is 0 Å². The lowest BCUT2D eigenvalue weighted by molar-refractivity contribution is 0.468. The Morgan fingerprint density at radius 1 is 1.10 bits per heavy atom. The smallest absolute Gasteiger partial charge is 0.131 e. The zero-order valence-corrected chi connectivity index (χ0v) is 13.4. The van der Waals surface area contributed by atoms with E-state index in [9.17, 15) is 0 Å². The molecular formula is C19H25NO. The van der Waals surface area contributed by atoms with Crippen LogP contribution >= 0.6 is 0 Å². The summed E-state index contributed by atoms with van der Waals surface area (Å²) in [5.41, 5.74) is 3.75. The van der Waals surface area contributed by atoms with Crippen molar-refractivity contribution in [2.24, 2.45) is 0 Å². The number of ether oxygens (including phenoxy) is 1. The highest BCUT2D eigenvalue weighted by Crippen LogP contribution is 2.27. The zero-order chi connectivity index (χ0) is 15.2. The van der Waals surface area contributed by atoms with Crippen molar-refractivity contribution in [1.82, 2.24) is 5.32 Å². The minimum atomic E-state index is 0.460. The molecule has 1 N–H and O–H groups in total. The van der Waals surface area contributed by atoms with Gasteiger partial charge in [-0.3, -0.25) is 0 Å². The molecule has 0 saturated carbocycles. The van der Waals surface area contributed by atoms with Gasteiger partial charge in [-0.2, -0.15) is 0 Å². The average molecular weight is 283 g/mol. The van der Waals surface area contributed by atoms with E-state index >= 15 is 0 Å². The third-order valence-electron chi connectivity index (χ3n) is 3.45. The van der Waals surface area contributed by atoms with Gasteiger partial charge in [0.1, 0.15) is 11.5 Å². The second-order valence-electron chi connectivity index (χ2n) is 5.75. The fourth-order valence-electron chi connectivity index (χ4n) is 2.22. The number of benzene rings is 2. The van der Waals surface area contributed by atoms with Crippen LogP contribution in [0.5, 0.6) is 11.5 Å². The summed E-state index contributed by atoms with van der Waals surface area (Å²) in [5, 5.41) is 3.46. The van der Waals surface area contributed by atoms with Crippen LogP contribution in [0.3, 0.4) is 0 Å². The van der Waals surface area contributed by atoms with Gasteiger partial charge in [0.25, 0.3) is 0 Å². The van der Waals surface area contributed by atoms with E-state index in [0.29, 0.717) is 6.04 Å². The summed E-state index contributed by atoms with van der Waals surface area (Å²) in [5.74, 6) is 1.84. The van der Waals surface area contributed by atoms with Crippen molar-refractivity contribution in [2.75, 3.05) is 0 Å². The molecule has 0 spiro atoms. The van der Waals surface area contributed by atoms with Crippen molar-refractivity contribution in [3.8, 4) is 11.5 Å². The van der Waals surface area contributed by atoms with Crippen LogP contribution in [0.2, 0.25) is 0 Å². The summed E-state index contributed by atoms with van der Waals surface area (Å²) in [6, 6.07) is 15.1. The Balaban J connectivity index is 2.21. The quantitative estimate of drug-likeness (QED) is 0.818.